The average Bonchev–Trinajstić information content (AvgIpc) is 2.71. The normalized spacial score (nSPS) is 25.7. The Labute approximate surface area is 158 Å². The smallest absolute Gasteiger partial charge is 0.202 e. The maximum Gasteiger partial charge on any atom is 0.394 e. The molecular formula is C18H10F10P+. The van der Waals surface area contributed by atoms with Gasteiger partial charge in [0.2, 0.25) is 11.7 Å². The van der Waals surface area contributed by atoms with Crippen LogP contribution in [0.25, 0.3) is 0 Å². The van der Waals surface area contributed by atoms with Crippen molar-refractivity contribution in [3.8, 4) is 0 Å². The van der Waals surface area contributed by atoms with E-state index in [9.17, 15) is 35.1 Å². The van der Waals surface area contributed by atoms with Gasteiger partial charge in [-0.25, -0.2) is 8.78 Å². The van der Waals surface area contributed by atoms with Crippen molar-refractivity contribution in [3.05, 3.63) is 72.3 Å². The van der Waals surface area contributed by atoms with Crippen LogP contribution < -0.4 is 10.6 Å². The van der Waals surface area contributed by atoms with Crippen molar-refractivity contribution in [3.63, 3.8) is 0 Å². The molecule has 0 saturated carbocycles. The molecule has 1 unspecified atom stereocenters. The van der Waals surface area contributed by atoms with Crippen molar-refractivity contribution in [2.75, 3.05) is 0 Å². The number of alkyl halides is 7. The fraction of sp³-hybridized carbons (Fsp3) is 0.222. The van der Waals surface area contributed by atoms with Gasteiger partial charge in [-0.3, -0.25) is 0 Å². The van der Waals surface area contributed by atoms with Crippen molar-refractivity contribution >= 4 is 18.2 Å². The Morgan fingerprint density at radius 1 is 0.552 bits per heavy atom. The van der Waals surface area contributed by atoms with Gasteiger partial charge in [0.1, 0.15) is 10.6 Å². The van der Waals surface area contributed by atoms with Gasteiger partial charge in [-0.1, -0.05) is 36.4 Å². The standard InChI is InChI=1S/C18H10F10P/c19-13-14(20)16(23,18(26,27)17(24,25)15(13,21)22)29(28,11-7-3-1-4-8-11)12-9-5-2-6-10-12/h1-10H/q+1. The summed E-state index contributed by atoms with van der Waals surface area (Å²) in [4.78, 5) is 0. The molecule has 1 aliphatic rings. The molecule has 0 heterocycles. The predicted molar refractivity (Wildman–Crippen MR) is 88.1 cm³/mol. The average molecular weight is 447 g/mol. The fourth-order valence-electron chi connectivity index (χ4n) is 3.06. The van der Waals surface area contributed by atoms with E-state index in [0.717, 1.165) is 24.3 Å². The quantitative estimate of drug-likeness (QED) is 0.384. The lowest BCUT2D eigenvalue weighted by Crippen LogP contribution is -2.69. The molecule has 0 aromatic heterocycles. The lowest BCUT2D eigenvalue weighted by molar-refractivity contribution is -0.332. The molecule has 0 spiro atoms. The summed E-state index contributed by atoms with van der Waals surface area (Å²) in [5.74, 6) is -27.1. The summed E-state index contributed by atoms with van der Waals surface area (Å²) in [5, 5.41) is -7.73. The molecule has 0 saturated heterocycles. The van der Waals surface area contributed by atoms with Crippen LogP contribution in [0, 0.1) is 0 Å². The summed E-state index contributed by atoms with van der Waals surface area (Å²) < 4.78 is 144. The van der Waals surface area contributed by atoms with Gasteiger partial charge in [-0.2, -0.15) is 30.7 Å². The number of hydrogen-bond donors (Lipinski definition) is 0. The maximum absolute atomic E-state index is 16.3. The Bertz CT molecular complexity index is 902. The van der Waals surface area contributed by atoms with Crippen LogP contribution in [0.2, 0.25) is 0 Å². The van der Waals surface area contributed by atoms with Crippen LogP contribution in [-0.2, 0) is 0 Å². The minimum Gasteiger partial charge on any atom is -0.202 e. The van der Waals surface area contributed by atoms with Gasteiger partial charge >= 0.3 is 30.8 Å². The highest BCUT2D eigenvalue weighted by molar-refractivity contribution is 7.86. The number of halogens is 10. The minimum absolute atomic E-state index is 0.703. The third kappa shape index (κ3) is 2.44. The van der Waals surface area contributed by atoms with Crippen molar-refractivity contribution < 1.29 is 43.7 Å². The lowest BCUT2D eigenvalue weighted by Gasteiger charge is -2.43. The first-order valence-electron chi connectivity index (χ1n) is 7.86. The minimum atomic E-state index is -6.75. The molecule has 0 bridgehead atoms. The highest BCUT2D eigenvalue weighted by Gasteiger charge is 2.95. The number of rotatable bonds is 3. The first-order valence-corrected chi connectivity index (χ1v) is 9.54. The Kier molecular flexibility index (Phi) is 4.81. The second-order valence-corrected chi connectivity index (χ2v) is 9.06. The van der Waals surface area contributed by atoms with E-state index < -0.39 is 53.0 Å². The largest absolute Gasteiger partial charge is 0.394 e. The Hall–Kier alpha value is -2.09. The third-order valence-corrected chi connectivity index (χ3v) is 7.96. The molecule has 0 amide bonds. The molecule has 0 fully saturated rings. The van der Waals surface area contributed by atoms with Gasteiger partial charge in [-0.15, -0.1) is 0 Å². The molecule has 0 nitrogen and oxygen atoms in total. The summed E-state index contributed by atoms with van der Waals surface area (Å²) in [7, 11) is -6.12. The van der Waals surface area contributed by atoms with Crippen molar-refractivity contribution in [2.45, 2.75) is 23.2 Å². The SMILES string of the molecule is FC1=C(F)C(F)([P+](F)(c2ccccc2)c2ccccc2)C(F)(F)C(F)(F)C1(F)F. The Morgan fingerprint density at radius 3 is 1.31 bits per heavy atom. The van der Waals surface area contributed by atoms with Crippen LogP contribution in [0.1, 0.15) is 0 Å². The van der Waals surface area contributed by atoms with Crippen molar-refractivity contribution in [2.24, 2.45) is 0 Å². The number of benzene rings is 2. The summed E-state index contributed by atoms with van der Waals surface area (Å²) in [6.07, 6.45) is 0. The summed E-state index contributed by atoms with van der Waals surface area (Å²) in [5.41, 5.74) is 0. The van der Waals surface area contributed by atoms with Gasteiger partial charge in [0.15, 0.2) is 0 Å². The molecular weight excluding hydrogens is 437 g/mol. The second-order valence-electron chi connectivity index (χ2n) is 6.23. The highest BCUT2D eigenvalue weighted by Crippen LogP contribution is 2.80. The highest BCUT2D eigenvalue weighted by atomic mass is 31.2. The van der Waals surface area contributed by atoms with Gasteiger partial charge in [0.25, 0.3) is 0 Å². The van der Waals surface area contributed by atoms with E-state index in [2.05, 4.69) is 0 Å². The molecule has 0 radical (unpaired) electrons. The van der Waals surface area contributed by atoms with E-state index in [-0.39, 0.29) is 0 Å². The Morgan fingerprint density at radius 2 is 0.931 bits per heavy atom. The fourth-order valence-corrected chi connectivity index (χ4v) is 6.14. The first kappa shape index (κ1) is 21.6. The summed E-state index contributed by atoms with van der Waals surface area (Å²) in [6, 6.07) is 9.34. The summed E-state index contributed by atoms with van der Waals surface area (Å²) in [6.45, 7) is 0. The second kappa shape index (κ2) is 6.45. The topological polar surface area (TPSA) is 0 Å². The molecule has 2 aromatic carbocycles. The van der Waals surface area contributed by atoms with Gasteiger partial charge in [0.05, 0.1) is 0 Å². The van der Waals surface area contributed by atoms with Crippen LogP contribution in [0.3, 0.4) is 0 Å². The van der Waals surface area contributed by atoms with E-state index in [4.69, 9.17) is 0 Å². The Balaban J connectivity index is 2.49. The zero-order chi connectivity index (χ0) is 21.9. The first-order chi connectivity index (χ1) is 13.3. The van der Waals surface area contributed by atoms with E-state index >= 15 is 8.59 Å². The maximum atomic E-state index is 16.3. The monoisotopic (exact) mass is 447 g/mol. The molecule has 0 N–H and O–H groups in total. The summed E-state index contributed by atoms with van der Waals surface area (Å²) >= 11 is 0. The van der Waals surface area contributed by atoms with Gasteiger partial charge in [-0.05, 0) is 28.5 Å². The van der Waals surface area contributed by atoms with E-state index in [1.807, 2.05) is 0 Å². The molecule has 2 aromatic rings. The van der Waals surface area contributed by atoms with E-state index in [1.54, 1.807) is 0 Å². The van der Waals surface area contributed by atoms with Crippen molar-refractivity contribution in [1.29, 1.82) is 0 Å². The van der Waals surface area contributed by atoms with Crippen LogP contribution >= 0.6 is 7.57 Å². The molecule has 3 rings (SSSR count). The van der Waals surface area contributed by atoms with Gasteiger partial charge in [0, 0.05) is 0 Å². The predicted octanol–water partition coefficient (Wildman–Crippen LogP) is 6.28. The zero-order valence-corrected chi connectivity index (χ0v) is 14.9. The third-order valence-electron chi connectivity index (χ3n) is 4.61. The molecule has 1 aliphatic carbocycles. The van der Waals surface area contributed by atoms with Crippen LogP contribution in [0.5, 0.6) is 0 Å². The molecule has 156 valence electrons. The lowest BCUT2D eigenvalue weighted by atomic mass is 9.91. The van der Waals surface area contributed by atoms with Crippen LogP contribution in [0.15, 0.2) is 72.3 Å². The molecule has 29 heavy (non-hydrogen) atoms. The van der Waals surface area contributed by atoms with E-state index in [0.29, 0.717) is 24.3 Å². The molecule has 0 aliphatic heterocycles. The zero-order valence-electron chi connectivity index (χ0n) is 14.0. The van der Waals surface area contributed by atoms with E-state index in [1.165, 1.54) is 12.1 Å². The van der Waals surface area contributed by atoms with Crippen LogP contribution in [-0.4, -0.2) is 23.2 Å². The number of hydrogen-bond acceptors (Lipinski definition) is 0. The van der Waals surface area contributed by atoms with Crippen molar-refractivity contribution in [1.82, 2.24) is 0 Å². The molecule has 1 atom stereocenters. The number of allylic oxidation sites excluding steroid dienone is 2. The van der Waals surface area contributed by atoms with Gasteiger partial charge < -0.3 is 0 Å². The van der Waals surface area contributed by atoms with Crippen LogP contribution in [0.4, 0.5) is 43.7 Å². The molecule has 11 heteroatoms.